The van der Waals surface area contributed by atoms with Crippen LogP contribution in [0.3, 0.4) is 0 Å². The number of nitrogens with zero attached hydrogens (tertiary/aromatic N) is 1. The van der Waals surface area contributed by atoms with Crippen molar-refractivity contribution in [1.29, 1.82) is 0 Å². The Balaban J connectivity index is 2.12. The van der Waals surface area contributed by atoms with E-state index in [1.807, 2.05) is 0 Å². The Morgan fingerprint density at radius 2 is 2.27 bits per heavy atom. The summed E-state index contributed by atoms with van der Waals surface area (Å²) in [6.07, 6.45) is 0.604. The minimum absolute atomic E-state index is 0.0174. The fourth-order valence-corrected chi connectivity index (χ4v) is 2.97. The maximum absolute atomic E-state index is 12.6. The molecule has 22 heavy (non-hydrogen) atoms. The molecule has 2 N–H and O–H groups in total. The summed E-state index contributed by atoms with van der Waals surface area (Å²) in [5, 5.41) is 8.62. The van der Waals surface area contributed by atoms with Gasteiger partial charge in [0, 0.05) is 13.1 Å². The molecule has 1 aromatic rings. The number of alkyl halides is 3. The van der Waals surface area contributed by atoms with Crippen molar-refractivity contribution in [3.05, 3.63) is 23.8 Å². The molecule has 1 fully saturated rings. The molecule has 1 heterocycles. The second kappa shape index (κ2) is 6.76. The van der Waals surface area contributed by atoms with Crippen LogP contribution in [0, 0.1) is 0 Å². The minimum Gasteiger partial charge on any atom is -0.496 e. The summed E-state index contributed by atoms with van der Waals surface area (Å²) in [7, 11) is 1.31. The van der Waals surface area contributed by atoms with Crippen LogP contribution >= 0.6 is 11.8 Å². The van der Waals surface area contributed by atoms with Gasteiger partial charge in [0.05, 0.1) is 18.0 Å². The number of nitrogens with one attached hydrogen (secondary N) is 1. The van der Waals surface area contributed by atoms with Gasteiger partial charge in [0.15, 0.2) is 0 Å². The lowest BCUT2D eigenvalue weighted by molar-refractivity contribution is -0.139. The highest BCUT2D eigenvalue weighted by Crippen LogP contribution is 2.42. The lowest BCUT2D eigenvalue weighted by atomic mass is 10.0. The summed E-state index contributed by atoms with van der Waals surface area (Å²) in [4.78, 5) is 13.1. The van der Waals surface area contributed by atoms with Gasteiger partial charge in [-0.05, 0) is 35.9 Å². The largest absolute Gasteiger partial charge is 0.496 e. The molecule has 0 saturated carbocycles. The second-order valence-corrected chi connectivity index (χ2v) is 5.89. The normalized spacial score (nSPS) is 18.7. The molecule has 1 aliphatic rings. The van der Waals surface area contributed by atoms with Gasteiger partial charge in [-0.1, -0.05) is 6.07 Å². The van der Waals surface area contributed by atoms with Gasteiger partial charge in [0.2, 0.25) is 0 Å². The van der Waals surface area contributed by atoms with Crippen molar-refractivity contribution < 1.29 is 27.9 Å². The molecule has 1 saturated heterocycles. The van der Waals surface area contributed by atoms with Gasteiger partial charge in [0.25, 0.3) is 5.91 Å². The summed E-state index contributed by atoms with van der Waals surface area (Å²) in [5.74, 6) is -0.357. The van der Waals surface area contributed by atoms with Crippen molar-refractivity contribution in [1.82, 2.24) is 10.4 Å². The Labute approximate surface area is 129 Å². The fourth-order valence-electron chi connectivity index (χ4n) is 2.26. The van der Waals surface area contributed by atoms with E-state index >= 15 is 0 Å². The molecule has 1 amide bonds. The third-order valence-corrected chi connectivity index (χ3v) is 4.15. The van der Waals surface area contributed by atoms with Crippen LogP contribution in [0.5, 0.6) is 5.75 Å². The van der Waals surface area contributed by atoms with Crippen LogP contribution in [0.1, 0.15) is 12.0 Å². The average molecular weight is 336 g/mol. The number of ether oxygens (including phenoxy) is 1. The Morgan fingerprint density at radius 1 is 1.55 bits per heavy atom. The molecule has 0 spiro atoms. The topological polar surface area (TPSA) is 61.8 Å². The van der Waals surface area contributed by atoms with E-state index in [2.05, 4.69) is 0 Å². The lowest BCUT2D eigenvalue weighted by Crippen LogP contribution is -2.54. The second-order valence-electron chi connectivity index (χ2n) is 4.78. The standard InChI is InChI=1S/C13H15F3N2O3S/c1-21-10-3-2-8(6-11(10)22-13(14,15)16)7-18-5-4-9(18)12(19)17-20/h2-3,6,9,20H,4-5,7H2,1H3,(H,17,19)/t9-/m1/s1. The molecular weight excluding hydrogens is 321 g/mol. The summed E-state index contributed by atoms with van der Waals surface area (Å²) in [5.41, 5.74) is -2.17. The van der Waals surface area contributed by atoms with Crippen LogP contribution in [-0.2, 0) is 11.3 Å². The van der Waals surface area contributed by atoms with E-state index in [1.54, 1.807) is 16.4 Å². The molecule has 1 aromatic carbocycles. The van der Waals surface area contributed by atoms with Crippen molar-refractivity contribution in [2.24, 2.45) is 0 Å². The number of methoxy groups -OCH3 is 1. The Bertz CT molecular complexity index is 554. The van der Waals surface area contributed by atoms with Crippen LogP contribution in [0.15, 0.2) is 23.1 Å². The van der Waals surface area contributed by atoms with E-state index in [1.165, 1.54) is 19.2 Å². The zero-order valence-corrected chi connectivity index (χ0v) is 12.5. The predicted molar refractivity (Wildman–Crippen MR) is 73.7 cm³/mol. The van der Waals surface area contributed by atoms with E-state index in [0.717, 1.165) is 0 Å². The van der Waals surface area contributed by atoms with Gasteiger partial charge in [-0.15, -0.1) is 0 Å². The Kier molecular flexibility index (Phi) is 5.20. The molecule has 0 radical (unpaired) electrons. The summed E-state index contributed by atoms with van der Waals surface area (Å²) in [6.45, 7) is 0.972. The zero-order valence-electron chi connectivity index (χ0n) is 11.7. The van der Waals surface area contributed by atoms with E-state index in [4.69, 9.17) is 9.94 Å². The third kappa shape index (κ3) is 4.05. The molecule has 1 aliphatic heterocycles. The van der Waals surface area contributed by atoms with Crippen molar-refractivity contribution in [2.45, 2.75) is 29.4 Å². The molecule has 0 aromatic heterocycles. The minimum atomic E-state index is -4.40. The molecule has 1 atom stereocenters. The number of rotatable bonds is 5. The molecule has 122 valence electrons. The first-order chi connectivity index (χ1) is 10.3. The van der Waals surface area contributed by atoms with Crippen molar-refractivity contribution in [3.63, 3.8) is 0 Å². The van der Waals surface area contributed by atoms with Gasteiger partial charge < -0.3 is 4.74 Å². The van der Waals surface area contributed by atoms with Crippen LogP contribution in [-0.4, -0.2) is 41.2 Å². The summed E-state index contributed by atoms with van der Waals surface area (Å²) < 4.78 is 42.6. The number of likely N-dealkylation sites (tertiary alicyclic amines) is 1. The highest BCUT2D eigenvalue weighted by atomic mass is 32.2. The van der Waals surface area contributed by atoms with Gasteiger partial charge >= 0.3 is 5.51 Å². The van der Waals surface area contributed by atoms with Crippen molar-refractivity contribution in [3.8, 4) is 5.75 Å². The molecule has 2 rings (SSSR count). The van der Waals surface area contributed by atoms with Crippen LogP contribution in [0.4, 0.5) is 13.2 Å². The lowest BCUT2D eigenvalue weighted by Gasteiger charge is -2.39. The Hall–Kier alpha value is -1.45. The average Bonchev–Trinajstić information content (AvgIpc) is 2.42. The van der Waals surface area contributed by atoms with E-state index in [9.17, 15) is 18.0 Å². The SMILES string of the molecule is COc1ccc(CN2CC[C@@H]2C(=O)NO)cc1SC(F)(F)F. The van der Waals surface area contributed by atoms with Crippen molar-refractivity contribution in [2.75, 3.05) is 13.7 Å². The molecule has 9 heteroatoms. The number of thioether (sulfide) groups is 1. The maximum Gasteiger partial charge on any atom is 0.446 e. The zero-order chi connectivity index (χ0) is 16.3. The van der Waals surface area contributed by atoms with Crippen molar-refractivity contribution >= 4 is 17.7 Å². The van der Waals surface area contributed by atoms with Gasteiger partial charge in [-0.2, -0.15) is 13.2 Å². The first-order valence-electron chi connectivity index (χ1n) is 6.44. The van der Waals surface area contributed by atoms with E-state index in [-0.39, 0.29) is 22.4 Å². The van der Waals surface area contributed by atoms with Crippen LogP contribution in [0.25, 0.3) is 0 Å². The number of amides is 1. The van der Waals surface area contributed by atoms with Gasteiger partial charge in [-0.25, -0.2) is 5.48 Å². The highest BCUT2D eigenvalue weighted by molar-refractivity contribution is 8.00. The first kappa shape index (κ1) is 16.9. The molecule has 0 aliphatic carbocycles. The predicted octanol–water partition coefficient (Wildman–Crippen LogP) is 2.39. The summed E-state index contributed by atoms with van der Waals surface area (Å²) >= 11 is -0.232. The van der Waals surface area contributed by atoms with E-state index in [0.29, 0.717) is 25.1 Å². The fraction of sp³-hybridized carbons (Fsp3) is 0.462. The number of halogens is 3. The number of carbonyl (C=O) groups is 1. The molecule has 0 unspecified atom stereocenters. The monoisotopic (exact) mass is 336 g/mol. The number of hydroxylamine groups is 1. The number of benzene rings is 1. The highest BCUT2D eigenvalue weighted by Gasteiger charge is 2.34. The number of hydrogen-bond donors (Lipinski definition) is 2. The first-order valence-corrected chi connectivity index (χ1v) is 7.26. The molecule has 5 nitrogen and oxygen atoms in total. The van der Waals surface area contributed by atoms with Gasteiger partial charge in [0.1, 0.15) is 5.75 Å². The smallest absolute Gasteiger partial charge is 0.446 e. The number of carbonyl (C=O) groups excluding carboxylic acids is 1. The van der Waals surface area contributed by atoms with Crippen LogP contribution in [0.2, 0.25) is 0 Å². The quantitative estimate of drug-likeness (QED) is 0.491. The van der Waals surface area contributed by atoms with Gasteiger partial charge in [-0.3, -0.25) is 14.9 Å². The van der Waals surface area contributed by atoms with Crippen LogP contribution < -0.4 is 10.2 Å². The number of hydrogen-bond acceptors (Lipinski definition) is 5. The summed E-state index contributed by atoms with van der Waals surface area (Å²) in [6, 6.07) is 4.09. The Morgan fingerprint density at radius 3 is 2.77 bits per heavy atom. The molecular formula is C13H15F3N2O3S. The van der Waals surface area contributed by atoms with E-state index < -0.39 is 17.5 Å². The third-order valence-electron chi connectivity index (χ3n) is 3.38. The molecule has 0 bridgehead atoms. The maximum atomic E-state index is 12.6.